The van der Waals surface area contributed by atoms with Crippen molar-refractivity contribution in [1.29, 1.82) is 5.26 Å². The van der Waals surface area contributed by atoms with E-state index in [1.807, 2.05) is 6.07 Å². The van der Waals surface area contributed by atoms with E-state index < -0.39 is 6.10 Å². The SMILES string of the molecule is C[C@@H](O)c1cccc(C#N)c1. The first kappa shape index (κ1) is 7.77. The zero-order valence-electron chi connectivity index (χ0n) is 6.28. The maximum absolute atomic E-state index is 9.13. The van der Waals surface area contributed by atoms with Crippen molar-refractivity contribution >= 4 is 0 Å². The van der Waals surface area contributed by atoms with Crippen molar-refractivity contribution in [3.05, 3.63) is 35.4 Å². The topological polar surface area (TPSA) is 44.0 Å². The lowest BCUT2D eigenvalue weighted by Crippen LogP contribution is -1.90. The summed E-state index contributed by atoms with van der Waals surface area (Å²) in [6.45, 7) is 1.68. The second kappa shape index (κ2) is 3.18. The van der Waals surface area contributed by atoms with Gasteiger partial charge in [0.25, 0.3) is 0 Å². The summed E-state index contributed by atoms with van der Waals surface area (Å²) >= 11 is 0. The van der Waals surface area contributed by atoms with Crippen molar-refractivity contribution in [1.82, 2.24) is 0 Å². The molecule has 0 fully saturated rings. The molecule has 1 atom stereocenters. The summed E-state index contributed by atoms with van der Waals surface area (Å²) in [6, 6.07) is 8.97. The smallest absolute Gasteiger partial charge is 0.0991 e. The molecule has 0 bridgehead atoms. The van der Waals surface area contributed by atoms with Crippen molar-refractivity contribution in [2.45, 2.75) is 13.0 Å². The fourth-order valence-electron chi connectivity index (χ4n) is 0.868. The summed E-state index contributed by atoms with van der Waals surface area (Å²) in [6.07, 6.45) is -0.497. The summed E-state index contributed by atoms with van der Waals surface area (Å²) in [5, 5.41) is 17.6. The third-order valence-electron chi connectivity index (χ3n) is 1.50. The number of rotatable bonds is 1. The van der Waals surface area contributed by atoms with Gasteiger partial charge in [0.15, 0.2) is 0 Å². The molecule has 1 rings (SSSR count). The molecular weight excluding hydrogens is 138 g/mol. The molecule has 0 aliphatic heterocycles. The summed E-state index contributed by atoms with van der Waals surface area (Å²) in [7, 11) is 0. The van der Waals surface area contributed by atoms with Crippen molar-refractivity contribution in [2.24, 2.45) is 0 Å². The van der Waals surface area contributed by atoms with Gasteiger partial charge in [-0.3, -0.25) is 0 Å². The van der Waals surface area contributed by atoms with Crippen LogP contribution in [0.3, 0.4) is 0 Å². The van der Waals surface area contributed by atoms with Crippen LogP contribution >= 0.6 is 0 Å². The quantitative estimate of drug-likeness (QED) is 0.655. The van der Waals surface area contributed by atoms with E-state index in [0.29, 0.717) is 5.56 Å². The molecule has 2 heteroatoms. The van der Waals surface area contributed by atoms with E-state index in [4.69, 9.17) is 10.4 Å². The predicted molar refractivity (Wildman–Crippen MR) is 41.8 cm³/mol. The lowest BCUT2D eigenvalue weighted by atomic mass is 10.1. The molecule has 0 saturated carbocycles. The molecule has 0 saturated heterocycles. The first-order valence-electron chi connectivity index (χ1n) is 3.42. The van der Waals surface area contributed by atoms with Gasteiger partial charge in [0.05, 0.1) is 17.7 Å². The van der Waals surface area contributed by atoms with Crippen LogP contribution in [0.5, 0.6) is 0 Å². The lowest BCUT2D eigenvalue weighted by Gasteiger charge is -2.02. The Morgan fingerprint density at radius 1 is 1.55 bits per heavy atom. The van der Waals surface area contributed by atoms with E-state index >= 15 is 0 Å². The van der Waals surface area contributed by atoms with Gasteiger partial charge in [-0.25, -0.2) is 0 Å². The monoisotopic (exact) mass is 147 g/mol. The van der Waals surface area contributed by atoms with E-state index in [1.165, 1.54) is 0 Å². The second-order valence-corrected chi connectivity index (χ2v) is 2.41. The number of nitriles is 1. The van der Waals surface area contributed by atoms with Gasteiger partial charge in [0.2, 0.25) is 0 Å². The molecule has 1 N–H and O–H groups in total. The zero-order chi connectivity index (χ0) is 8.27. The number of benzene rings is 1. The molecule has 0 unspecified atom stereocenters. The van der Waals surface area contributed by atoms with Crippen LogP contribution in [0.15, 0.2) is 24.3 Å². The highest BCUT2D eigenvalue weighted by molar-refractivity contribution is 5.33. The standard InChI is InChI=1S/C9H9NO/c1-7(11)9-4-2-3-8(5-9)6-10/h2-5,7,11H,1H3/t7-/m1/s1. The van der Waals surface area contributed by atoms with Crippen LogP contribution in [0, 0.1) is 11.3 Å². The maximum Gasteiger partial charge on any atom is 0.0991 e. The molecule has 0 aliphatic carbocycles. The third kappa shape index (κ3) is 1.79. The summed E-state index contributed by atoms with van der Waals surface area (Å²) in [5.41, 5.74) is 1.37. The summed E-state index contributed by atoms with van der Waals surface area (Å²) in [4.78, 5) is 0. The van der Waals surface area contributed by atoms with Gasteiger partial charge in [-0.1, -0.05) is 12.1 Å². The fraction of sp³-hybridized carbons (Fsp3) is 0.222. The molecule has 0 radical (unpaired) electrons. The van der Waals surface area contributed by atoms with Crippen molar-refractivity contribution in [3.8, 4) is 6.07 Å². The van der Waals surface area contributed by atoms with Gasteiger partial charge < -0.3 is 5.11 Å². The summed E-state index contributed by atoms with van der Waals surface area (Å²) < 4.78 is 0. The van der Waals surface area contributed by atoms with Gasteiger partial charge in [0.1, 0.15) is 0 Å². The normalized spacial score (nSPS) is 12.1. The van der Waals surface area contributed by atoms with E-state index in [-0.39, 0.29) is 0 Å². The largest absolute Gasteiger partial charge is 0.389 e. The van der Waals surface area contributed by atoms with Crippen LogP contribution in [0.2, 0.25) is 0 Å². The van der Waals surface area contributed by atoms with E-state index in [2.05, 4.69) is 0 Å². The Hall–Kier alpha value is -1.33. The van der Waals surface area contributed by atoms with Gasteiger partial charge in [-0.2, -0.15) is 5.26 Å². The highest BCUT2D eigenvalue weighted by Gasteiger charge is 1.99. The molecule has 11 heavy (non-hydrogen) atoms. The van der Waals surface area contributed by atoms with Crippen molar-refractivity contribution in [3.63, 3.8) is 0 Å². The highest BCUT2D eigenvalue weighted by Crippen LogP contribution is 2.12. The Balaban J connectivity index is 3.03. The van der Waals surface area contributed by atoms with Gasteiger partial charge in [-0.15, -0.1) is 0 Å². The minimum Gasteiger partial charge on any atom is -0.389 e. The highest BCUT2D eigenvalue weighted by atomic mass is 16.3. The summed E-state index contributed by atoms with van der Waals surface area (Å²) in [5.74, 6) is 0. The Morgan fingerprint density at radius 2 is 2.27 bits per heavy atom. The van der Waals surface area contributed by atoms with Crippen molar-refractivity contribution in [2.75, 3.05) is 0 Å². The van der Waals surface area contributed by atoms with Crippen LogP contribution in [-0.2, 0) is 0 Å². The number of aliphatic hydroxyl groups excluding tert-OH is 1. The fourth-order valence-corrected chi connectivity index (χ4v) is 0.868. The average Bonchev–Trinajstić information content (AvgIpc) is 2.05. The van der Waals surface area contributed by atoms with Crippen LogP contribution in [0.1, 0.15) is 24.2 Å². The van der Waals surface area contributed by atoms with Gasteiger partial charge in [-0.05, 0) is 24.6 Å². The number of hydrogen-bond donors (Lipinski definition) is 1. The molecule has 0 aliphatic rings. The molecule has 0 heterocycles. The van der Waals surface area contributed by atoms with Crippen molar-refractivity contribution < 1.29 is 5.11 Å². The van der Waals surface area contributed by atoms with Crippen LogP contribution < -0.4 is 0 Å². The zero-order valence-corrected chi connectivity index (χ0v) is 6.28. The van der Waals surface area contributed by atoms with Crippen LogP contribution in [-0.4, -0.2) is 5.11 Å². The van der Waals surface area contributed by atoms with E-state index in [0.717, 1.165) is 5.56 Å². The third-order valence-corrected chi connectivity index (χ3v) is 1.50. The minimum absolute atomic E-state index is 0.497. The number of nitrogens with zero attached hydrogens (tertiary/aromatic N) is 1. The average molecular weight is 147 g/mol. The van der Waals surface area contributed by atoms with E-state index in [1.54, 1.807) is 31.2 Å². The Bertz CT molecular complexity index is 286. The lowest BCUT2D eigenvalue weighted by molar-refractivity contribution is 0.199. The molecule has 0 spiro atoms. The van der Waals surface area contributed by atoms with E-state index in [9.17, 15) is 0 Å². The number of aliphatic hydroxyl groups is 1. The number of hydrogen-bond acceptors (Lipinski definition) is 2. The first-order valence-corrected chi connectivity index (χ1v) is 3.42. The van der Waals surface area contributed by atoms with Gasteiger partial charge in [0, 0.05) is 0 Å². The first-order chi connectivity index (χ1) is 5.24. The minimum atomic E-state index is -0.497. The molecule has 1 aromatic rings. The Kier molecular flexibility index (Phi) is 2.25. The molecule has 1 aromatic carbocycles. The Morgan fingerprint density at radius 3 is 2.82 bits per heavy atom. The second-order valence-electron chi connectivity index (χ2n) is 2.41. The molecule has 0 aromatic heterocycles. The molecule has 2 nitrogen and oxygen atoms in total. The molecular formula is C9H9NO. The van der Waals surface area contributed by atoms with Gasteiger partial charge >= 0.3 is 0 Å². The Labute approximate surface area is 65.7 Å². The molecule has 0 amide bonds. The maximum atomic E-state index is 9.13. The molecule has 56 valence electrons. The van der Waals surface area contributed by atoms with Crippen LogP contribution in [0.4, 0.5) is 0 Å². The van der Waals surface area contributed by atoms with Crippen LogP contribution in [0.25, 0.3) is 0 Å². The predicted octanol–water partition coefficient (Wildman–Crippen LogP) is 1.61.